The summed E-state index contributed by atoms with van der Waals surface area (Å²) in [5.74, 6) is -0.743. The Morgan fingerprint density at radius 2 is 1.86 bits per heavy atom. The lowest BCUT2D eigenvalue weighted by molar-refractivity contribution is -0.325. The first-order chi connectivity index (χ1) is 6.30. The molecule has 0 fully saturated rings. The van der Waals surface area contributed by atoms with Crippen LogP contribution in [0.1, 0.15) is 5.82 Å². The number of aromatic nitrogens is 2. The van der Waals surface area contributed by atoms with Gasteiger partial charge in [-0.1, -0.05) is 0 Å². The van der Waals surface area contributed by atoms with E-state index in [1.807, 2.05) is 0 Å². The second kappa shape index (κ2) is 3.19. The zero-order chi connectivity index (χ0) is 11.0. The number of rotatable bonds is 2. The van der Waals surface area contributed by atoms with Crippen LogP contribution in [0.3, 0.4) is 0 Å². The van der Waals surface area contributed by atoms with Crippen LogP contribution >= 0.6 is 0 Å². The highest BCUT2D eigenvalue weighted by Gasteiger charge is 2.60. The Morgan fingerprint density at radius 3 is 2.29 bits per heavy atom. The van der Waals surface area contributed by atoms with Crippen molar-refractivity contribution in [2.24, 2.45) is 0 Å². The third kappa shape index (κ3) is 1.57. The third-order valence-corrected chi connectivity index (χ3v) is 1.50. The molecule has 0 saturated carbocycles. The molecule has 0 bridgehead atoms. The Hall–Kier alpha value is -1.18. The Morgan fingerprint density at radius 1 is 1.29 bits per heavy atom. The van der Waals surface area contributed by atoms with Crippen molar-refractivity contribution in [2.45, 2.75) is 18.8 Å². The Bertz CT molecular complexity index is 318. The summed E-state index contributed by atoms with van der Waals surface area (Å²) >= 11 is 0. The fourth-order valence-electron chi connectivity index (χ4n) is 0.844. The molecule has 0 saturated heterocycles. The summed E-state index contributed by atoms with van der Waals surface area (Å²) < 4.78 is 60.3. The molecule has 0 atom stereocenters. The molecule has 3 nitrogen and oxygen atoms in total. The SMILES string of the molecule is OCc1nccn1C(F)(F)C(F)(F)F. The number of aliphatic hydroxyl groups is 1. The van der Waals surface area contributed by atoms with Gasteiger partial charge >= 0.3 is 12.2 Å². The van der Waals surface area contributed by atoms with E-state index in [1.165, 1.54) is 0 Å². The monoisotopic (exact) mass is 216 g/mol. The van der Waals surface area contributed by atoms with Gasteiger partial charge in [0.25, 0.3) is 0 Å². The summed E-state index contributed by atoms with van der Waals surface area (Å²) in [6.07, 6.45) is -4.50. The largest absolute Gasteiger partial charge is 0.475 e. The number of nitrogens with zero attached hydrogens (tertiary/aromatic N) is 2. The molecule has 1 N–H and O–H groups in total. The van der Waals surface area contributed by atoms with E-state index in [-0.39, 0.29) is 0 Å². The van der Waals surface area contributed by atoms with Gasteiger partial charge in [-0.05, 0) is 0 Å². The highest BCUT2D eigenvalue weighted by atomic mass is 19.4. The second-order valence-electron chi connectivity index (χ2n) is 2.41. The number of hydrogen-bond acceptors (Lipinski definition) is 2. The Kier molecular flexibility index (Phi) is 2.49. The fourth-order valence-corrected chi connectivity index (χ4v) is 0.844. The standard InChI is InChI=1S/C6H5F5N2O/c7-5(8,9)6(10,11)13-2-1-12-4(13)3-14/h1-2,14H,3H2. The molecule has 1 aromatic rings. The van der Waals surface area contributed by atoms with Crippen molar-refractivity contribution in [3.05, 3.63) is 18.2 Å². The van der Waals surface area contributed by atoms with E-state index in [2.05, 4.69) is 4.98 Å². The lowest BCUT2D eigenvalue weighted by Gasteiger charge is -2.21. The summed E-state index contributed by atoms with van der Waals surface area (Å²) in [5.41, 5.74) is 0. The molecule has 0 aliphatic rings. The maximum atomic E-state index is 12.6. The number of alkyl halides is 5. The van der Waals surface area contributed by atoms with Crippen LogP contribution in [0.5, 0.6) is 0 Å². The number of hydrogen-bond donors (Lipinski definition) is 1. The maximum Gasteiger partial charge on any atom is 0.475 e. The molecule has 0 unspecified atom stereocenters. The summed E-state index contributed by atoms with van der Waals surface area (Å²) in [6.45, 7) is -0.987. The first-order valence-corrected chi connectivity index (χ1v) is 3.39. The normalized spacial score (nSPS) is 13.3. The summed E-state index contributed by atoms with van der Waals surface area (Å²) in [5, 5.41) is 8.45. The summed E-state index contributed by atoms with van der Waals surface area (Å²) in [4.78, 5) is 3.15. The van der Waals surface area contributed by atoms with Crippen LogP contribution in [-0.2, 0) is 12.7 Å². The van der Waals surface area contributed by atoms with E-state index in [9.17, 15) is 22.0 Å². The first-order valence-electron chi connectivity index (χ1n) is 3.39. The van der Waals surface area contributed by atoms with Crippen LogP contribution < -0.4 is 0 Å². The molecule has 8 heteroatoms. The van der Waals surface area contributed by atoms with E-state index in [0.29, 0.717) is 6.20 Å². The van der Waals surface area contributed by atoms with Crippen LogP contribution in [0, 0.1) is 0 Å². The number of aliphatic hydroxyl groups excluding tert-OH is 1. The molecule has 80 valence electrons. The predicted octanol–water partition coefficient (Wildman–Crippen LogP) is 1.49. The minimum absolute atomic E-state index is 0.410. The van der Waals surface area contributed by atoms with Crippen LogP contribution in [0.25, 0.3) is 0 Å². The summed E-state index contributed by atoms with van der Waals surface area (Å²) in [6, 6.07) is -5.05. The van der Waals surface area contributed by atoms with Crippen molar-refractivity contribution in [1.82, 2.24) is 9.55 Å². The van der Waals surface area contributed by atoms with Crippen LogP contribution in [0.4, 0.5) is 22.0 Å². The van der Waals surface area contributed by atoms with Gasteiger partial charge < -0.3 is 5.11 Å². The van der Waals surface area contributed by atoms with Crippen LogP contribution in [-0.4, -0.2) is 20.8 Å². The van der Waals surface area contributed by atoms with Crippen molar-refractivity contribution in [3.8, 4) is 0 Å². The van der Waals surface area contributed by atoms with E-state index in [0.717, 1.165) is 6.20 Å². The molecule has 0 amide bonds. The van der Waals surface area contributed by atoms with Gasteiger partial charge in [0.2, 0.25) is 0 Å². The van der Waals surface area contributed by atoms with Crippen molar-refractivity contribution in [2.75, 3.05) is 0 Å². The second-order valence-corrected chi connectivity index (χ2v) is 2.41. The first kappa shape index (κ1) is 10.9. The molecule has 14 heavy (non-hydrogen) atoms. The van der Waals surface area contributed by atoms with Gasteiger partial charge in [-0.2, -0.15) is 22.0 Å². The van der Waals surface area contributed by atoms with Crippen molar-refractivity contribution >= 4 is 0 Å². The zero-order valence-corrected chi connectivity index (χ0v) is 6.59. The lowest BCUT2D eigenvalue weighted by Crippen LogP contribution is -2.40. The topological polar surface area (TPSA) is 38.1 Å². The fraction of sp³-hybridized carbons (Fsp3) is 0.500. The van der Waals surface area contributed by atoms with Crippen molar-refractivity contribution < 1.29 is 27.1 Å². The van der Waals surface area contributed by atoms with Crippen LogP contribution in [0.2, 0.25) is 0 Å². The smallest absolute Gasteiger partial charge is 0.388 e. The molecule has 0 aliphatic heterocycles. The number of imidazole rings is 1. The van der Waals surface area contributed by atoms with E-state index in [1.54, 1.807) is 0 Å². The molecule has 1 rings (SSSR count). The number of halogens is 5. The van der Waals surface area contributed by atoms with Crippen molar-refractivity contribution in [3.63, 3.8) is 0 Å². The molecule has 0 aromatic carbocycles. The third-order valence-electron chi connectivity index (χ3n) is 1.50. The highest BCUT2D eigenvalue weighted by Crippen LogP contribution is 2.40. The van der Waals surface area contributed by atoms with E-state index in [4.69, 9.17) is 5.11 Å². The molecule has 1 heterocycles. The molecular formula is C6H5F5N2O. The highest BCUT2D eigenvalue weighted by molar-refractivity contribution is 4.95. The van der Waals surface area contributed by atoms with Crippen LogP contribution in [0.15, 0.2) is 12.4 Å². The molecule has 0 aliphatic carbocycles. The zero-order valence-electron chi connectivity index (χ0n) is 6.59. The van der Waals surface area contributed by atoms with E-state index < -0.39 is 29.2 Å². The Balaban J connectivity index is 3.16. The molecule has 0 radical (unpaired) electrons. The maximum absolute atomic E-state index is 12.6. The summed E-state index contributed by atoms with van der Waals surface area (Å²) in [7, 11) is 0. The molecule has 1 aromatic heterocycles. The predicted molar refractivity (Wildman–Crippen MR) is 34.4 cm³/mol. The van der Waals surface area contributed by atoms with Gasteiger partial charge in [0.15, 0.2) is 0 Å². The van der Waals surface area contributed by atoms with Gasteiger partial charge in [-0.15, -0.1) is 0 Å². The van der Waals surface area contributed by atoms with Gasteiger partial charge in [-0.25, -0.2) is 4.98 Å². The molecular weight excluding hydrogens is 211 g/mol. The van der Waals surface area contributed by atoms with Crippen molar-refractivity contribution in [1.29, 1.82) is 0 Å². The average Bonchev–Trinajstić information content (AvgIpc) is 2.49. The Labute approximate surface area is 74.8 Å². The van der Waals surface area contributed by atoms with Gasteiger partial charge in [0.05, 0.1) is 0 Å². The molecule has 0 spiro atoms. The van der Waals surface area contributed by atoms with Gasteiger partial charge in [-0.3, -0.25) is 4.57 Å². The average molecular weight is 216 g/mol. The lowest BCUT2D eigenvalue weighted by atomic mass is 10.5. The van der Waals surface area contributed by atoms with Gasteiger partial charge in [0, 0.05) is 12.4 Å². The van der Waals surface area contributed by atoms with Gasteiger partial charge in [0.1, 0.15) is 12.4 Å². The minimum Gasteiger partial charge on any atom is -0.388 e. The quantitative estimate of drug-likeness (QED) is 0.760. The minimum atomic E-state index is -5.71. The van der Waals surface area contributed by atoms with E-state index >= 15 is 0 Å².